The molecule has 2 saturated heterocycles. The summed E-state index contributed by atoms with van der Waals surface area (Å²) in [6.45, 7) is 7.44. The zero-order valence-electron chi connectivity index (χ0n) is 15.5. The molecule has 148 valence electrons. The predicted molar refractivity (Wildman–Crippen MR) is 106 cm³/mol. The maximum absolute atomic E-state index is 13.0. The van der Waals surface area contributed by atoms with Gasteiger partial charge in [-0.1, -0.05) is 12.8 Å². The fourth-order valence-corrected chi connectivity index (χ4v) is 4.73. The number of carbonyl (C=O) groups is 1. The molecule has 1 amide bonds. The first kappa shape index (κ1) is 23.0. The molecule has 25 heavy (non-hydrogen) atoms. The second-order valence-corrected chi connectivity index (χ2v) is 7.81. The average Bonchev–Trinajstić information content (AvgIpc) is 3.05. The van der Waals surface area contributed by atoms with Gasteiger partial charge in [0.05, 0.1) is 13.2 Å². The number of carbonyl (C=O) groups excluding carboxylic acids is 1. The minimum absolute atomic E-state index is 0. The molecular formula is C18H35Cl2N3O2. The highest BCUT2D eigenvalue weighted by molar-refractivity contribution is 5.85. The van der Waals surface area contributed by atoms with Crippen molar-refractivity contribution < 1.29 is 9.53 Å². The van der Waals surface area contributed by atoms with E-state index >= 15 is 0 Å². The summed E-state index contributed by atoms with van der Waals surface area (Å²) < 4.78 is 5.52. The lowest BCUT2D eigenvalue weighted by Crippen LogP contribution is -2.55. The van der Waals surface area contributed by atoms with Crippen LogP contribution in [-0.4, -0.2) is 66.7 Å². The number of likely N-dealkylation sites (tertiary alicyclic amines) is 1. The Morgan fingerprint density at radius 3 is 2.40 bits per heavy atom. The van der Waals surface area contributed by atoms with E-state index in [4.69, 9.17) is 10.5 Å². The molecular weight excluding hydrogens is 361 g/mol. The van der Waals surface area contributed by atoms with E-state index in [1.165, 1.54) is 25.7 Å². The van der Waals surface area contributed by atoms with Gasteiger partial charge in [0, 0.05) is 44.2 Å². The number of nitrogens with zero attached hydrogens (tertiary/aromatic N) is 2. The molecule has 2 atom stereocenters. The molecule has 3 fully saturated rings. The Bertz CT molecular complexity index is 411. The van der Waals surface area contributed by atoms with Crippen LogP contribution >= 0.6 is 24.8 Å². The first-order chi connectivity index (χ1) is 11.1. The highest BCUT2D eigenvalue weighted by atomic mass is 35.5. The fraction of sp³-hybridized carbons (Fsp3) is 0.944. The van der Waals surface area contributed by atoms with Gasteiger partial charge in [-0.05, 0) is 38.5 Å². The summed E-state index contributed by atoms with van der Waals surface area (Å²) in [7, 11) is 0. The van der Waals surface area contributed by atoms with Crippen molar-refractivity contribution >= 4 is 30.7 Å². The summed E-state index contributed by atoms with van der Waals surface area (Å²) in [4.78, 5) is 17.6. The van der Waals surface area contributed by atoms with Crippen LogP contribution in [0.1, 0.15) is 51.9 Å². The van der Waals surface area contributed by atoms with Gasteiger partial charge in [-0.15, -0.1) is 24.8 Å². The van der Waals surface area contributed by atoms with Crippen LogP contribution in [0.25, 0.3) is 0 Å². The third-order valence-electron chi connectivity index (χ3n) is 6.25. The van der Waals surface area contributed by atoms with Crippen molar-refractivity contribution in [2.75, 3.05) is 39.4 Å². The predicted octanol–water partition coefficient (Wildman–Crippen LogP) is 2.45. The van der Waals surface area contributed by atoms with Gasteiger partial charge in [-0.2, -0.15) is 0 Å². The molecule has 0 aromatic rings. The minimum Gasteiger partial charge on any atom is -0.379 e. The van der Waals surface area contributed by atoms with Gasteiger partial charge < -0.3 is 15.4 Å². The summed E-state index contributed by atoms with van der Waals surface area (Å²) in [6.07, 6.45) is 7.81. The minimum atomic E-state index is 0. The smallest absolute Gasteiger partial charge is 0.224 e. The molecule has 1 aliphatic carbocycles. The van der Waals surface area contributed by atoms with Crippen molar-refractivity contribution in [3.63, 3.8) is 0 Å². The average molecular weight is 396 g/mol. The monoisotopic (exact) mass is 395 g/mol. The molecule has 0 spiro atoms. The summed E-state index contributed by atoms with van der Waals surface area (Å²) in [5.41, 5.74) is 6.18. The molecule has 5 nitrogen and oxygen atoms in total. The zero-order valence-corrected chi connectivity index (χ0v) is 17.1. The van der Waals surface area contributed by atoms with Gasteiger partial charge in [0.1, 0.15) is 0 Å². The molecule has 0 aromatic heterocycles. The first-order valence-electron chi connectivity index (χ1n) is 9.47. The lowest BCUT2D eigenvalue weighted by molar-refractivity contribution is -0.137. The van der Waals surface area contributed by atoms with E-state index in [1.54, 1.807) is 0 Å². The summed E-state index contributed by atoms with van der Waals surface area (Å²) in [5, 5.41) is 0. The maximum atomic E-state index is 13.0. The topological polar surface area (TPSA) is 58.8 Å². The van der Waals surface area contributed by atoms with E-state index in [-0.39, 0.29) is 36.4 Å². The lowest BCUT2D eigenvalue weighted by Gasteiger charge is -2.44. The highest BCUT2D eigenvalue weighted by Crippen LogP contribution is 2.39. The van der Waals surface area contributed by atoms with Crippen LogP contribution in [0, 0.1) is 5.92 Å². The molecule has 3 rings (SSSR count). The quantitative estimate of drug-likeness (QED) is 0.793. The standard InChI is InChI=1S/C18H33N3O2.2ClH/c1-15(19)16-5-4-8-20(14-16)17(22)13-18(6-2-3-7-18)21-9-11-23-12-10-21;;/h15-16H,2-14,19H2,1H3;2*1H. The van der Waals surface area contributed by atoms with Gasteiger partial charge in [-0.3, -0.25) is 9.69 Å². The third-order valence-corrected chi connectivity index (χ3v) is 6.25. The van der Waals surface area contributed by atoms with Crippen LogP contribution in [0.2, 0.25) is 0 Å². The van der Waals surface area contributed by atoms with Crippen molar-refractivity contribution in [2.24, 2.45) is 11.7 Å². The van der Waals surface area contributed by atoms with Crippen molar-refractivity contribution in [3.8, 4) is 0 Å². The van der Waals surface area contributed by atoms with Crippen LogP contribution in [0.15, 0.2) is 0 Å². The van der Waals surface area contributed by atoms with E-state index in [0.29, 0.717) is 18.2 Å². The Hall–Kier alpha value is -0.0700. The Morgan fingerprint density at radius 1 is 1.16 bits per heavy atom. The van der Waals surface area contributed by atoms with Crippen LogP contribution in [-0.2, 0) is 9.53 Å². The zero-order chi connectivity index (χ0) is 16.3. The summed E-state index contributed by atoms with van der Waals surface area (Å²) >= 11 is 0. The molecule has 0 radical (unpaired) electrons. The first-order valence-corrected chi connectivity index (χ1v) is 9.47. The van der Waals surface area contributed by atoms with E-state index < -0.39 is 0 Å². The number of amides is 1. The molecule has 2 heterocycles. The van der Waals surface area contributed by atoms with Crippen molar-refractivity contribution in [2.45, 2.75) is 63.5 Å². The van der Waals surface area contributed by atoms with Gasteiger partial charge in [0.25, 0.3) is 0 Å². The Labute approximate surface area is 164 Å². The summed E-state index contributed by atoms with van der Waals surface area (Å²) in [5.74, 6) is 0.819. The van der Waals surface area contributed by atoms with Gasteiger partial charge in [0.2, 0.25) is 5.91 Å². The van der Waals surface area contributed by atoms with Crippen LogP contribution in [0.3, 0.4) is 0 Å². The van der Waals surface area contributed by atoms with Crippen molar-refractivity contribution in [3.05, 3.63) is 0 Å². The molecule has 1 saturated carbocycles. The van der Waals surface area contributed by atoms with Gasteiger partial charge in [0.15, 0.2) is 0 Å². The molecule has 0 aromatic carbocycles. The third kappa shape index (κ3) is 5.46. The maximum Gasteiger partial charge on any atom is 0.224 e. The van der Waals surface area contributed by atoms with Crippen molar-refractivity contribution in [1.82, 2.24) is 9.80 Å². The number of hydrogen-bond donors (Lipinski definition) is 1. The molecule has 3 aliphatic rings. The van der Waals surface area contributed by atoms with Crippen LogP contribution in [0.4, 0.5) is 0 Å². The Morgan fingerprint density at radius 2 is 1.80 bits per heavy atom. The normalized spacial score (nSPS) is 27.9. The number of rotatable bonds is 4. The van der Waals surface area contributed by atoms with Crippen LogP contribution < -0.4 is 5.73 Å². The van der Waals surface area contributed by atoms with E-state index in [0.717, 1.165) is 52.2 Å². The largest absolute Gasteiger partial charge is 0.379 e. The molecule has 0 bridgehead atoms. The number of nitrogens with two attached hydrogens (primary N) is 1. The number of morpholine rings is 1. The molecule has 2 unspecified atom stereocenters. The van der Waals surface area contributed by atoms with Gasteiger partial charge in [-0.25, -0.2) is 0 Å². The lowest BCUT2D eigenvalue weighted by atomic mass is 9.88. The van der Waals surface area contributed by atoms with Crippen LogP contribution in [0.5, 0.6) is 0 Å². The fourth-order valence-electron chi connectivity index (χ4n) is 4.73. The summed E-state index contributed by atoms with van der Waals surface area (Å²) in [6, 6.07) is 0.185. The van der Waals surface area contributed by atoms with Crippen molar-refractivity contribution in [1.29, 1.82) is 0 Å². The van der Waals surface area contributed by atoms with E-state index in [9.17, 15) is 4.79 Å². The van der Waals surface area contributed by atoms with E-state index in [2.05, 4.69) is 16.7 Å². The van der Waals surface area contributed by atoms with E-state index in [1.807, 2.05) is 0 Å². The number of halogens is 2. The van der Waals surface area contributed by atoms with Gasteiger partial charge >= 0.3 is 0 Å². The number of piperidine rings is 1. The number of hydrogen-bond acceptors (Lipinski definition) is 4. The Kier molecular flexibility index (Phi) is 9.47. The SMILES string of the molecule is CC(N)C1CCCN(C(=O)CC2(N3CCOCC3)CCCC2)C1.Cl.Cl. The molecule has 2 N–H and O–H groups in total. The highest BCUT2D eigenvalue weighted by Gasteiger charge is 2.43. The molecule has 2 aliphatic heterocycles. The molecule has 7 heteroatoms. The second-order valence-electron chi connectivity index (χ2n) is 7.81. The Balaban J connectivity index is 0.00000156. The number of ether oxygens (including phenoxy) is 1. The second kappa shape index (κ2) is 10.3.